The quantitative estimate of drug-likeness (QED) is 0.905. The Morgan fingerprint density at radius 2 is 2.09 bits per heavy atom. The number of hydrogen-bond acceptors (Lipinski definition) is 3. The number of nitrogens with zero attached hydrogens (tertiary/aromatic N) is 2. The average Bonchev–Trinajstić information content (AvgIpc) is 2.91. The number of carbonyl (C=O) groups is 1. The van der Waals surface area contributed by atoms with Crippen LogP contribution >= 0.6 is 0 Å². The van der Waals surface area contributed by atoms with Crippen molar-refractivity contribution < 1.29 is 13.6 Å². The molecule has 3 N–H and O–H groups in total. The van der Waals surface area contributed by atoms with Crippen LogP contribution in [0.5, 0.6) is 0 Å². The van der Waals surface area contributed by atoms with Gasteiger partial charge in [-0.05, 0) is 31.4 Å². The Labute approximate surface area is 132 Å². The molecule has 23 heavy (non-hydrogen) atoms. The van der Waals surface area contributed by atoms with Crippen molar-refractivity contribution in [2.75, 3.05) is 6.54 Å². The van der Waals surface area contributed by atoms with Crippen LogP contribution in [-0.2, 0) is 11.2 Å². The third kappa shape index (κ3) is 3.24. The molecule has 3 rings (SSSR count). The van der Waals surface area contributed by atoms with Gasteiger partial charge < -0.3 is 11.1 Å². The molecule has 2 aromatic rings. The van der Waals surface area contributed by atoms with E-state index in [0.29, 0.717) is 12.2 Å². The Morgan fingerprint density at radius 1 is 1.35 bits per heavy atom. The third-order valence-electron chi connectivity index (χ3n) is 3.98. The van der Waals surface area contributed by atoms with E-state index in [4.69, 9.17) is 5.73 Å². The van der Waals surface area contributed by atoms with Gasteiger partial charge in [-0.25, -0.2) is 13.5 Å². The normalized spacial score (nSPS) is 16.9. The maximum atomic E-state index is 13.4. The van der Waals surface area contributed by atoms with Crippen molar-refractivity contribution in [1.29, 1.82) is 0 Å². The van der Waals surface area contributed by atoms with E-state index >= 15 is 0 Å². The Bertz CT molecular complexity index is 709. The molecule has 1 amide bonds. The van der Waals surface area contributed by atoms with E-state index in [-0.39, 0.29) is 18.4 Å². The van der Waals surface area contributed by atoms with Crippen LogP contribution in [0.3, 0.4) is 0 Å². The van der Waals surface area contributed by atoms with E-state index in [0.717, 1.165) is 36.6 Å². The van der Waals surface area contributed by atoms with Gasteiger partial charge in [0.15, 0.2) is 0 Å². The van der Waals surface area contributed by atoms with Gasteiger partial charge >= 0.3 is 0 Å². The molecular formula is C16H18F2N4O. The van der Waals surface area contributed by atoms with E-state index in [1.807, 2.05) is 0 Å². The number of halogens is 2. The van der Waals surface area contributed by atoms with Gasteiger partial charge in [-0.1, -0.05) is 0 Å². The molecule has 1 aliphatic rings. The van der Waals surface area contributed by atoms with Crippen LogP contribution in [0.25, 0.3) is 5.69 Å². The summed E-state index contributed by atoms with van der Waals surface area (Å²) in [6, 6.07) is 3.18. The second kappa shape index (κ2) is 6.45. The number of nitrogens with two attached hydrogens (primary N) is 1. The first-order valence-electron chi connectivity index (χ1n) is 7.61. The zero-order valence-corrected chi connectivity index (χ0v) is 12.6. The van der Waals surface area contributed by atoms with Gasteiger partial charge in [0, 0.05) is 30.3 Å². The zero-order valence-electron chi connectivity index (χ0n) is 12.6. The number of fused-ring (bicyclic) bond motifs is 1. The minimum Gasteiger partial charge on any atom is -0.349 e. The van der Waals surface area contributed by atoms with Crippen molar-refractivity contribution in [2.45, 2.75) is 31.7 Å². The largest absolute Gasteiger partial charge is 0.349 e. The number of hydrogen-bond donors (Lipinski definition) is 2. The number of benzene rings is 1. The number of aromatic nitrogens is 2. The van der Waals surface area contributed by atoms with E-state index in [2.05, 4.69) is 10.4 Å². The second-order valence-corrected chi connectivity index (χ2v) is 5.64. The van der Waals surface area contributed by atoms with Crippen LogP contribution in [0.4, 0.5) is 8.78 Å². The first kappa shape index (κ1) is 15.6. The summed E-state index contributed by atoms with van der Waals surface area (Å²) in [4.78, 5) is 11.8. The Hall–Kier alpha value is -2.28. The lowest BCUT2D eigenvalue weighted by Gasteiger charge is -2.24. The van der Waals surface area contributed by atoms with Crippen molar-refractivity contribution in [2.24, 2.45) is 5.73 Å². The summed E-state index contributed by atoms with van der Waals surface area (Å²) in [5.41, 5.74) is 7.50. The van der Waals surface area contributed by atoms with Gasteiger partial charge in [0.2, 0.25) is 5.91 Å². The van der Waals surface area contributed by atoms with Gasteiger partial charge in [-0.2, -0.15) is 5.10 Å². The average molecular weight is 320 g/mol. The number of nitrogens with one attached hydrogen (secondary N) is 1. The lowest BCUT2D eigenvalue weighted by molar-refractivity contribution is -0.121. The Kier molecular flexibility index (Phi) is 4.38. The SMILES string of the molecule is NCCC(=O)N[C@H]1CCCc2c1cnn2-c1cc(F)cc(F)c1. The highest BCUT2D eigenvalue weighted by atomic mass is 19.1. The van der Waals surface area contributed by atoms with Gasteiger partial charge in [0.25, 0.3) is 0 Å². The summed E-state index contributed by atoms with van der Waals surface area (Å²) < 4.78 is 28.4. The van der Waals surface area contributed by atoms with Crippen LogP contribution in [0, 0.1) is 11.6 Å². The molecule has 0 saturated carbocycles. The summed E-state index contributed by atoms with van der Waals surface area (Å²) >= 11 is 0. The van der Waals surface area contributed by atoms with Gasteiger partial charge in [0.05, 0.1) is 17.9 Å². The molecule has 0 radical (unpaired) electrons. The minimum atomic E-state index is -0.646. The monoisotopic (exact) mass is 320 g/mol. The molecule has 1 aromatic carbocycles. The maximum Gasteiger partial charge on any atom is 0.221 e. The summed E-state index contributed by atoms with van der Waals surface area (Å²) in [6.07, 6.45) is 4.35. The van der Waals surface area contributed by atoms with Crippen LogP contribution in [-0.4, -0.2) is 22.2 Å². The zero-order chi connectivity index (χ0) is 16.4. The molecule has 0 saturated heterocycles. The highest BCUT2D eigenvalue weighted by Gasteiger charge is 2.26. The lowest BCUT2D eigenvalue weighted by atomic mass is 9.92. The molecule has 1 heterocycles. The smallest absolute Gasteiger partial charge is 0.221 e. The first-order chi connectivity index (χ1) is 11.1. The van der Waals surface area contributed by atoms with Crippen LogP contribution in [0.1, 0.15) is 36.6 Å². The fourth-order valence-corrected chi connectivity index (χ4v) is 2.99. The summed E-state index contributed by atoms with van der Waals surface area (Å²) in [7, 11) is 0. The van der Waals surface area contributed by atoms with Crippen molar-refractivity contribution in [3.05, 3.63) is 47.3 Å². The molecule has 0 fully saturated rings. The van der Waals surface area contributed by atoms with Crippen LogP contribution in [0.2, 0.25) is 0 Å². The summed E-state index contributed by atoms with van der Waals surface area (Å²) in [5, 5.41) is 7.20. The van der Waals surface area contributed by atoms with E-state index < -0.39 is 11.6 Å². The van der Waals surface area contributed by atoms with Crippen LogP contribution in [0.15, 0.2) is 24.4 Å². The van der Waals surface area contributed by atoms with Crippen molar-refractivity contribution in [1.82, 2.24) is 15.1 Å². The fourth-order valence-electron chi connectivity index (χ4n) is 2.99. The van der Waals surface area contributed by atoms with Crippen molar-refractivity contribution in [3.63, 3.8) is 0 Å². The first-order valence-corrected chi connectivity index (χ1v) is 7.61. The molecule has 7 heteroatoms. The van der Waals surface area contributed by atoms with E-state index in [9.17, 15) is 13.6 Å². The molecule has 1 aliphatic carbocycles. The molecule has 122 valence electrons. The summed E-state index contributed by atoms with van der Waals surface area (Å²) in [5.74, 6) is -1.39. The molecule has 1 aromatic heterocycles. The Balaban J connectivity index is 1.92. The molecular weight excluding hydrogens is 302 g/mol. The lowest BCUT2D eigenvalue weighted by Crippen LogP contribution is -2.32. The topological polar surface area (TPSA) is 72.9 Å². The van der Waals surface area contributed by atoms with Gasteiger partial charge in [-0.3, -0.25) is 4.79 Å². The predicted octanol–water partition coefficient (Wildman–Crippen LogP) is 1.99. The van der Waals surface area contributed by atoms with Crippen LogP contribution < -0.4 is 11.1 Å². The number of rotatable bonds is 4. The maximum absolute atomic E-state index is 13.4. The highest BCUT2D eigenvalue weighted by Crippen LogP contribution is 2.31. The molecule has 0 unspecified atom stereocenters. The minimum absolute atomic E-state index is 0.102. The molecule has 0 spiro atoms. The molecule has 5 nitrogen and oxygen atoms in total. The standard InChI is InChI=1S/C16H18F2N4O/c17-10-6-11(18)8-12(7-10)22-15-3-1-2-14(13(15)9-20-22)21-16(23)4-5-19/h6-9,14H,1-5,19H2,(H,21,23)/t14-/m0/s1. The summed E-state index contributed by atoms with van der Waals surface area (Å²) in [6.45, 7) is 0.299. The number of carbonyl (C=O) groups excluding carboxylic acids is 1. The van der Waals surface area contributed by atoms with Gasteiger partial charge in [0.1, 0.15) is 11.6 Å². The van der Waals surface area contributed by atoms with E-state index in [1.165, 1.54) is 12.1 Å². The Morgan fingerprint density at radius 3 is 2.78 bits per heavy atom. The van der Waals surface area contributed by atoms with Crippen molar-refractivity contribution >= 4 is 5.91 Å². The van der Waals surface area contributed by atoms with Gasteiger partial charge in [-0.15, -0.1) is 0 Å². The van der Waals surface area contributed by atoms with E-state index in [1.54, 1.807) is 10.9 Å². The second-order valence-electron chi connectivity index (χ2n) is 5.64. The molecule has 0 bridgehead atoms. The fraction of sp³-hybridized carbons (Fsp3) is 0.375. The highest BCUT2D eigenvalue weighted by molar-refractivity contribution is 5.76. The number of amides is 1. The third-order valence-corrected chi connectivity index (χ3v) is 3.98. The molecule has 0 aliphatic heterocycles. The van der Waals surface area contributed by atoms with Crippen molar-refractivity contribution in [3.8, 4) is 5.69 Å². The molecule has 1 atom stereocenters. The predicted molar refractivity (Wildman–Crippen MR) is 81.0 cm³/mol.